The molecule has 0 aliphatic heterocycles. The number of nitrogen functional groups attached to an aromatic ring is 2. The molecule has 0 spiro atoms. The number of hydrogen-bond acceptors (Lipinski definition) is 18. The lowest BCUT2D eigenvalue weighted by atomic mass is 10.1. The van der Waals surface area contributed by atoms with Crippen molar-refractivity contribution in [2.45, 2.75) is 26.2 Å². The maximum Gasteiger partial charge on any atom is 0.261 e. The number of anilines is 2. The van der Waals surface area contributed by atoms with Crippen LogP contribution in [0.25, 0.3) is 53.9 Å². The van der Waals surface area contributed by atoms with Crippen LogP contribution in [0.5, 0.6) is 0 Å². The minimum atomic E-state index is -0.555. The van der Waals surface area contributed by atoms with Gasteiger partial charge < -0.3 is 50.8 Å². The predicted molar refractivity (Wildman–Crippen MR) is 254 cm³/mol. The maximum atomic E-state index is 12.5. The van der Waals surface area contributed by atoms with Crippen molar-refractivity contribution in [3.05, 3.63) is 143 Å². The van der Waals surface area contributed by atoms with Crippen LogP contribution in [0, 0.1) is 0 Å². The second-order valence-electron chi connectivity index (χ2n) is 15.1. The van der Waals surface area contributed by atoms with E-state index >= 15 is 0 Å². The Hall–Kier alpha value is -7.02. The van der Waals surface area contributed by atoms with Crippen LogP contribution in [0.1, 0.15) is 0 Å². The second-order valence-corrected chi connectivity index (χ2v) is 15.1. The Balaban J connectivity index is 0.000000181. The summed E-state index contributed by atoms with van der Waals surface area (Å²) in [6, 6.07) is 16.7. The Morgan fingerprint density at radius 3 is 0.721 bits per heavy atom. The summed E-state index contributed by atoms with van der Waals surface area (Å²) in [5.74, 6) is 0. The van der Waals surface area contributed by atoms with Crippen LogP contribution < -0.4 is 55.9 Å². The third-order valence-corrected chi connectivity index (χ3v) is 10.9. The minimum absolute atomic E-state index is 0.00717. The number of nitrogens with two attached hydrogens (primary N) is 2. The van der Waals surface area contributed by atoms with Gasteiger partial charge in [-0.2, -0.15) is 0 Å². The normalized spacial score (nSPS) is 11.5. The molecule has 0 atom stereocenters. The summed E-state index contributed by atoms with van der Waals surface area (Å²) in [5, 5.41) is 37.4. The standard InChI is InChI=1S/2C18H20N2O8.C10H10N2/c2*21-3-7-27-5-1-19-15(23)11-9-13-14(10-12(11)16(19)24)18(26)20(17(13)25)2-6-28-8-4-22;11-9-5-1-3-7-8(9)4-2-6-10(7)12/h2*9-10,21-22H,1-8H2;1-6H,11-12H2. The van der Waals surface area contributed by atoms with E-state index in [1.54, 1.807) is 0 Å². The topological polar surface area (TPSA) is 326 Å². The average Bonchev–Trinajstić information content (AvgIpc) is 3.91. The molecular formula is C46H50N6O16. The SMILES string of the molecule is Nc1cccc2c(N)cccc12.O=c1c2cc3c(=O)n(CCOCCO)c(=O)c3cc2c(=O)n1CCOCCO.O=c1c2cc3c(=O)n(CCOCCO)c(=O)c3cc2c(=O)n1CCOCCO. The molecule has 0 bridgehead atoms. The van der Waals surface area contributed by atoms with Crippen molar-refractivity contribution in [3.8, 4) is 0 Å². The Morgan fingerprint density at radius 1 is 0.324 bits per heavy atom. The van der Waals surface area contributed by atoms with E-state index in [-0.39, 0.29) is 149 Å². The van der Waals surface area contributed by atoms with Crippen molar-refractivity contribution in [3.63, 3.8) is 0 Å². The fraction of sp³-hybridized carbons (Fsp3) is 0.348. The molecule has 4 heterocycles. The van der Waals surface area contributed by atoms with Gasteiger partial charge in [-0.25, -0.2) is 0 Å². The maximum absolute atomic E-state index is 12.5. The number of rotatable bonds is 20. The molecule has 0 aliphatic carbocycles. The van der Waals surface area contributed by atoms with Crippen LogP contribution >= 0.6 is 0 Å². The van der Waals surface area contributed by atoms with Crippen molar-refractivity contribution in [1.29, 1.82) is 0 Å². The van der Waals surface area contributed by atoms with Crippen molar-refractivity contribution in [2.24, 2.45) is 0 Å². The zero-order chi connectivity index (χ0) is 49.1. The summed E-state index contributed by atoms with van der Waals surface area (Å²) >= 11 is 0. The van der Waals surface area contributed by atoms with E-state index in [0.717, 1.165) is 40.4 Å². The van der Waals surface area contributed by atoms with Gasteiger partial charge in [0, 0.05) is 22.1 Å². The first-order valence-electron chi connectivity index (χ1n) is 21.4. The number of ether oxygens (including phenoxy) is 4. The first-order valence-corrected chi connectivity index (χ1v) is 21.4. The molecule has 8 rings (SSSR count). The number of fused-ring (bicyclic) bond motifs is 5. The number of nitrogens with zero attached hydrogens (tertiary/aromatic N) is 4. The molecular weight excluding hydrogens is 893 g/mol. The molecule has 0 amide bonds. The largest absolute Gasteiger partial charge is 0.398 e. The van der Waals surface area contributed by atoms with Crippen LogP contribution in [0.15, 0.2) is 99.0 Å². The van der Waals surface area contributed by atoms with Gasteiger partial charge in [0.15, 0.2) is 0 Å². The van der Waals surface area contributed by atoms with Gasteiger partial charge in [-0.05, 0) is 36.4 Å². The summed E-state index contributed by atoms with van der Waals surface area (Å²) in [4.78, 5) is 100. The number of aliphatic hydroxyl groups excluding tert-OH is 4. The van der Waals surface area contributed by atoms with Gasteiger partial charge in [0.2, 0.25) is 0 Å². The number of benzene rings is 4. The third-order valence-electron chi connectivity index (χ3n) is 10.9. The van der Waals surface area contributed by atoms with Crippen molar-refractivity contribution in [1.82, 2.24) is 18.3 Å². The van der Waals surface area contributed by atoms with Gasteiger partial charge in [0.05, 0.1) is 149 Å². The summed E-state index contributed by atoms with van der Waals surface area (Å²) < 4.78 is 24.3. The van der Waals surface area contributed by atoms with Crippen molar-refractivity contribution < 1.29 is 39.4 Å². The summed E-state index contributed by atoms with van der Waals surface area (Å²) in [6.07, 6.45) is 0. The molecule has 8 aromatic rings. The Kier molecular flexibility index (Phi) is 17.1. The molecule has 4 aromatic carbocycles. The molecule has 0 radical (unpaired) electrons. The highest BCUT2D eigenvalue weighted by molar-refractivity contribution is 6.00. The van der Waals surface area contributed by atoms with Crippen molar-refractivity contribution in [2.75, 3.05) is 90.7 Å². The van der Waals surface area contributed by atoms with Gasteiger partial charge in [0.1, 0.15) is 0 Å². The second kappa shape index (κ2) is 23.1. The van der Waals surface area contributed by atoms with Crippen molar-refractivity contribution >= 4 is 65.2 Å². The van der Waals surface area contributed by atoms with Gasteiger partial charge in [-0.1, -0.05) is 24.3 Å². The molecule has 360 valence electrons. The highest BCUT2D eigenvalue weighted by Gasteiger charge is 2.21. The predicted octanol–water partition coefficient (Wildman–Crippen LogP) is -2.14. The molecule has 68 heavy (non-hydrogen) atoms. The van der Waals surface area contributed by atoms with E-state index in [1.165, 1.54) is 24.3 Å². The summed E-state index contributed by atoms with van der Waals surface area (Å²) in [7, 11) is 0. The lowest BCUT2D eigenvalue weighted by molar-refractivity contribution is 0.0863. The molecule has 4 aromatic heterocycles. The van der Waals surface area contributed by atoms with E-state index in [9.17, 15) is 38.4 Å². The van der Waals surface area contributed by atoms with E-state index in [4.69, 9.17) is 50.8 Å². The van der Waals surface area contributed by atoms with Crippen LogP contribution in [0.2, 0.25) is 0 Å². The molecule has 0 saturated heterocycles. The molecule has 0 saturated carbocycles. The van der Waals surface area contributed by atoms with E-state index in [2.05, 4.69) is 0 Å². The zero-order valence-corrected chi connectivity index (χ0v) is 36.7. The highest BCUT2D eigenvalue weighted by atomic mass is 16.5. The van der Waals surface area contributed by atoms with Crippen LogP contribution in [0.3, 0.4) is 0 Å². The monoisotopic (exact) mass is 942 g/mol. The molecule has 22 heteroatoms. The van der Waals surface area contributed by atoms with E-state index in [1.807, 2.05) is 36.4 Å². The first kappa shape index (κ1) is 50.4. The van der Waals surface area contributed by atoms with Crippen LogP contribution in [-0.4, -0.2) is 118 Å². The van der Waals surface area contributed by atoms with E-state index in [0.29, 0.717) is 0 Å². The van der Waals surface area contributed by atoms with Crippen LogP contribution in [0.4, 0.5) is 11.4 Å². The van der Waals surface area contributed by atoms with Gasteiger partial charge in [0.25, 0.3) is 44.5 Å². The molecule has 0 aliphatic rings. The quantitative estimate of drug-likeness (QED) is 0.0351. The minimum Gasteiger partial charge on any atom is -0.398 e. The fourth-order valence-electron chi connectivity index (χ4n) is 7.61. The average molecular weight is 943 g/mol. The summed E-state index contributed by atoms with van der Waals surface area (Å²) in [5.41, 5.74) is 8.65. The van der Waals surface area contributed by atoms with Gasteiger partial charge >= 0.3 is 0 Å². The van der Waals surface area contributed by atoms with E-state index < -0.39 is 44.5 Å². The summed E-state index contributed by atoms with van der Waals surface area (Å²) in [6.45, 7) is 0.0451. The lowest BCUT2D eigenvalue weighted by Crippen LogP contribution is -2.28. The first-order chi connectivity index (χ1) is 32.8. The van der Waals surface area contributed by atoms with Gasteiger partial charge in [-0.3, -0.25) is 56.6 Å². The number of aromatic nitrogens is 4. The molecule has 0 fully saturated rings. The molecule has 22 nitrogen and oxygen atoms in total. The Bertz CT molecular complexity index is 2920. The number of aliphatic hydroxyl groups is 4. The zero-order valence-electron chi connectivity index (χ0n) is 36.7. The van der Waals surface area contributed by atoms with Crippen LogP contribution in [-0.2, 0) is 45.1 Å². The Morgan fingerprint density at radius 2 is 0.529 bits per heavy atom. The smallest absolute Gasteiger partial charge is 0.261 e. The van der Waals surface area contributed by atoms with Gasteiger partial charge in [-0.15, -0.1) is 0 Å². The lowest BCUT2D eigenvalue weighted by Gasteiger charge is -2.03. The fourth-order valence-corrected chi connectivity index (χ4v) is 7.61. The third kappa shape index (κ3) is 10.6. The number of hydrogen-bond donors (Lipinski definition) is 6. The molecule has 0 unspecified atom stereocenters. The molecule has 8 N–H and O–H groups in total. The highest BCUT2D eigenvalue weighted by Crippen LogP contribution is 2.25. The Labute approximate surface area is 382 Å².